The molecule has 3 fully saturated rings. The molecule has 0 aromatic carbocycles. The minimum absolute atomic E-state index is 0.378. The third-order valence-electron chi connectivity index (χ3n) is 7.46. The third-order valence-corrected chi connectivity index (χ3v) is 7.46. The van der Waals surface area contributed by atoms with E-state index in [4.69, 9.17) is 4.74 Å². The molecular weight excluding hydrogens is 312 g/mol. The second kappa shape index (κ2) is 7.96. The summed E-state index contributed by atoms with van der Waals surface area (Å²) in [5, 5.41) is 0. The van der Waals surface area contributed by atoms with Gasteiger partial charge in [-0.25, -0.2) is 0 Å². The molecule has 0 aromatic heterocycles. The highest BCUT2D eigenvalue weighted by Crippen LogP contribution is 2.49. The van der Waals surface area contributed by atoms with Crippen molar-refractivity contribution in [3.05, 3.63) is 0 Å². The molecule has 4 heteroatoms. The van der Waals surface area contributed by atoms with Gasteiger partial charge in [-0.3, -0.25) is 4.79 Å². The molecule has 0 N–H and O–H groups in total. The lowest BCUT2D eigenvalue weighted by Crippen LogP contribution is -2.49. The van der Waals surface area contributed by atoms with E-state index < -0.39 is 0 Å². The van der Waals surface area contributed by atoms with Crippen LogP contribution in [0.2, 0.25) is 0 Å². The van der Waals surface area contributed by atoms with Crippen LogP contribution in [0.25, 0.3) is 0 Å². The summed E-state index contributed by atoms with van der Waals surface area (Å²) in [6, 6.07) is 0. The average Bonchev–Trinajstić information content (AvgIpc) is 3.25. The number of nitrogens with zero attached hydrogens (tertiary/aromatic N) is 2. The Balaban J connectivity index is 1.53. The number of carbonyl (C=O) groups is 1. The Hall–Kier alpha value is -0.610. The monoisotopic (exact) mass is 350 g/mol. The first kappa shape index (κ1) is 19.2. The molecule has 2 aliphatic heterocycles. The van der Waals surface area contributed by atoms with E-state index >= 15 is 0 Å². The first-order chi connectivity index (χ1) is 12.0. The minimum atomic E-state index is 0.378. The highest BCUT2D eigenvalue weighted by atomic mass is 16.5. The zero-order valence-electron chi connectivity index (χ0n) is 16.7. The van der Waals surface area contributed by atoms with Crippen molar-refractivity contribution in [3.63, 3.8) is 0 Å². The van der Waals surface area contributed by atoms with Gasteiger partial charge < -0.3 is 14.5 Å². The fourth-order valence-electron chi connectivity index (χ4n) is 5.35. The van der Waals surface area contributed by atoms with Gasteiger partial charge in [0.1, 0.15) is 0 Å². The molecule has 0 bridgehead atoms. The summed E-state index contributed by atoms with van der Waals surface area (Å²) in [5.41, 5.74) is 0.813. The van der Waals surface area contributed by atoms with Crippen LogP contribution in [0.3, 0.4) is 0 Å². The summed E-state index contributed by atoms with van der Waals surface area (Å²) < 4.78 is 5.43. The van der Waals surface area contributed by atoms with Gasteiger partial charge in [0.05, 0.1) is 0 Å². The summed E-state index contributed by atoms with van der Waals surface area (Å²) in [5.74, 6) is 0.841. The molecule has 144 valence electrons. The number of hydrogen-bond acceptors (Lipinski definition) is 3. The number of unbranched alkanes of at least 4 members (excludes halogenated alkanes) is 1. The Morgan fingerprint density at radius 3 is 2.56 bits per heavy atom. The SMILES string of the molecule is CCCCC1(N(C)C)CCC2(CCN(C(=O)CC3CCOC3)C2)CC1. The maximum absolute atomic E-state index is 12.7. The highest BCUT2D eigenvalue weighted by Gasteiger charge is 2.47. The van der Waals surface area contributed by atoms with Crippen molar-refractivity contribution in [2.75, 3.05) is 40.4 Å². The molecule has 1 unspecified atom stereocenters. The van der Waals surface area contributed by atoms with Crippen LogP contribution < -0.4 is 0 Å². The Bertz CT molecular complexity index is 449. The van der Waals surface area contributed by atoms with Gasteiger partial charge in [-0.15, -0.1) is 0 Å². The topological polar surface area (TPSA) is 32.8 Å². The molecule has 1 saturated carbocycles. The molecule has 3 rings (SSSR count). The number of carbonyl (C=O) groups excluding carboxylic acids is 1. The molecule has 1 atom stereocenters. The van der Waals surface area contributed by atoms with Gasteiger partial charge in [0, 0.05) is 38.3 Å². The number of ether oxygens (including phenoxy) is 1. The molecular formula is C21H38N2O2. The van der Waals surface area contributed by atoms with Gasteiger partial charge in [0.2, 0.25) is 5.91 Å². The van der Waals surface area contributed by atoms with Gasteiger partial charge in [0.15, 0.2) is 0 Å². The standard InChI is InChI=1S/C21H38N2O2/c1-4-5-7-21(22(2)3)10-8-20(9-11-21)12-13-23(17-20)19(24)15-18-6-14-25-16-18/h18H,4-17H2,1-3H3. The summed E-state index contributed by atoms with van der Waals surface area (Å²) in [4.78, 5) is 17.3. The van der Waals surface area contributed by atoms with E-state index in [-0.39, 0.29) is 0 Å². The van der Waals surface area contributed by atoms with Crippen LogP contribution in [-0.4, -0.2) is 61.6 Å². The van der Waals surface area contributed by atoms with Crippen LogP contribution >= 0.6 is 0 Å². The Kier molecular flexibility index (Phi) is 6.10. The van der Waals surface area contributed by atoms with Crippen LogP contribution in [0.15, 0.2) is 0 Å². The first-order valence-corrected chi connectivity index (χ1v) is 10.5. The lowest BCUT2D eigenvalue weighted by Gasteiger charge is -2.49. The molecule has 25 heavy (non-hydrogen) atoms. The third kappa shape index (κ3) is 4.21. The van der Waals surface area contributed by atoms with Gasteiger partial charge in [-0.2, -0.15) is 0 Å². The van der Waals surface area contributed by atoms with Crippen LogP contribution in [0, 0.1) is 11.3 Å². The number of likely N-dealkylation sites (tertiary alicyclic amines) is 1. The minimum Gasteiger partial charge on any atom is -0.381 e. The zero-order valence-corrected chi connectivity index (χ0v) is 16.7. The van der Waals surface area contributed by atoms with Crippen molar-refractivity contribution < 1.29 is 9.53 Å². The fourth-order valence-corrected chi connectivity index (χ4v) is 5.35. The van der Waals surface area contributed by atoms with E-state index in [1.54, 1.807) is 0 Å². The maximum Gasteiger partial charge on any atom is 0.222 e. The van der Waals surface area contributed by atoms with E-state index in [2.05, 4.69) is 30.8 Å². The predicted octanol–water partition coefficient (Wildman–Crippen LogP) is 3.70. The van der Waals surface area contributed by atoms with E-state index in [1.807, 2.05) is 0 Å². The van der Waals surface area contributed by atoms with Gasteiger partial charge in [-0.1, -0.05) is 19.8 Å². The molecule has 2 heterocycles. The summed E-state index contributed by atoms with van der Waals surface area (Å²) in [7, 11) is 4.53. The van der Waals surface area contributed by atoms with Crippen LogP contribution in [0.4, 0.5) is 0 Å². The van der Waals surface area contributed by atoms with Crippen LogP contribution in [0.5, 0.6) is 0 Å². The first-order valence-electron chi connectivity index (χ1n) is 10.5. The smallest absolute Gasteiger partial charge is 0.222 e. The molecule has 2 saturated heterocycles. The second-order valence-electron chi connectivity index (χ2n) is 9.22. The van der Waals surface area contributed by atoms with Crippen molar-refractivity contribution in [2.45, 2.75) is 76.7 Å². The van der Waals surface area contributed by atoms with Gasteiger partial charge in [-0.05, 0) is 70.4 Å². The molecule has 4 nitrogen and oxygen atoms in total. The van der Waals surface area contributed by atoms with Crippen LogP contribution in [0.1, 0.15) is 71.1 Å². The van der Waals surface area contributed by atoms with Gasteiger partial charge in [0.25, 0.3) is 0 Å². The molecule has 0 radical (unpaired) electrons. The quantitative estimate of drug-likeness (QED) is 0.732. The molecule has 1 amide bonds. The Labute approximate surface area is 154 Å². The molecule has 1 spiro atoms. The average molecular weight is 351 g/mol. The van der Waals surface area contributed by atoms with E-state index in [9.17, 15) is 4.79 Å². The normalized spacial score (nSPS) is 35.8. The maximum atomic E-state index is 12.7. The summed E-state index contributed by atoms with van der Waals surface area (Å²) in [6.45, 7) is 5.91. The van der Waals surface area contributed by atoms with Crippen molar-refractivity contribution in [2.24, 2.45) is 11.3 Å². The van der Waals surface area contributed by atoms with E-state index in [0.29, 0.717) is 29.2 Å². The van der Waals surface area contributed by atoms with Gasteiger partial charge >= 0.3 is 0 Å². The number of amides is 1. The molecule has 3 aliphatic rings. The summed E-state index contributed by atoms with van der Waals surface area (Å²) >= 11 is 0. The van der Waals surface area contributed by atoms with Crippen molar-refractivity contribution in [1.82, 2.24) is 9.80 Å². The van der Waals surface area contributed by atoms with E-state index in [0.717, 1.165) is 32.7 Å². The van der Waals surface area contributed by atoms with Crippen molar-refractivity contribution in [3.8, 4) is 0 Å². The largest absolute Gasteiger partial charge is 0.381 e. The van der Waals surface area contributed by atoms with E-state index in [1.165, 1.54) is 51.4 Å². The number of rotatable bonds is 6. The zero-order chi connectivity index (χ0) is 17.9. The number of hydrogen-bond donors (Lipinski definition) is 0. The second-order valence-corrected chi connectivity index (χ2v) is 9.22. The highest BCUT2D eigenvalue weighted by molar-refractivity contribution is 5.76. The predicted molar refractivity (Wildman–Crippen MR) is 102 cm³/mol. The Morgan fingerprint density at radius 2 is 1.96 bits per heavy atom. The lowest BCUT2D eigenvalue weighted by atomic mass is 9.65. The molecule has 0 aromatic rings. The Morgan fingerprint density at radius 1 is 1.20 bits per heavy atom. The lowest BCUT2D eigenvalue weighted by molar-refractivity contribution is -0.131. The fraction of sp³-hybridized carbons (Fsp3) is 0.952. The molecule has 1 aliphatic carbocycles. The van der Waals surface area contributed by atoms with Crippen LogP contribution in [-0.2, 0) is 9.53 Å². The summed E-state index contributed by atoms with van der Waals surface area (Å²) in [6.07, 6.45) is 12.1. The van der Waals surface area contributed by atoms with Crippen molar-refractivity contribution in [1.29, 1.82) is 0 Å². The van der Waals surface area contributed by atoms with Crippen molar-refractivity contribution >= 4 is 5.91 Å².